The lowest BCUT2D eigenvalue weighted by Crippen LogP contribution is -2.36. The summed E-state index contributed by atoms with van der Waals surface area (Å²) in [6.07, 6.45) is 3.05. The average Bonchev–Trinajstić information content (AvgIpc) is 2.98. The van der Waals surface area contributed by atoms with Crippen molar-refractivity contribution in [1.29, 1.82) is 0 Å². The van der Waals surface area contributed by atoms with Gasteiger partial charge >= 0.3 is 0 Å². The largest absolute Gasteiger partial charge is 0.328 e. The van der Waals surface area contributed by atoms with Gasteiger partial charge in [-0.2, -0.15) is 5.10 Å². The Labute approximate surface area is 137 Å². The van der Waals surface area contributed by atoms with Crippen LogP contribution in [0.1, 0.15) is 47.4 Å². The molecular formula is C16H27N7. The SMILES string of the molecule is Cc1n[nH]c(C)c1CCN(C)Cc1nnc(C2CC(N)C2)n1C. The highest BCUT2D eigenvalue weighted by Crippen LogP contribution is 2.34. The maximum Gasteiger partial charge on any atom is 0.146 e. The summed E-state index contributed by atoms with van der Waals surface area (Å²) in [5.41, 5.74) is 9.46. The van der Waals surface area contributed by atoms with E-state index < -0.39 is 0 Å². The predicted octanol–water partition coefficient (Wildman–Crippen LogP) is 1.03. The Morgan fingerprint density at radius 2 is 2.04 bits per heavy atom. The minimum atomic E-state index is 0.337. The van der Waals surface area contributed by atoms with Gasteiger partial charge in [-0.3, -0.25) is 10.00 Å². The van der Waals surface area contributed by atoms with Crippen LogP contribution in [0.15, 0.2) is 0 Å². The Bertz CT molecular complexity index is 647. The molecule has 126 valence electrons. The summed E-state index contributed by atoms with van der Waals surface area (Å²) in [6, 6.07) is 0.337. The number of aromatic amines is 1. The lowest BCUT2D eigenvalue weighted by Gasteiger charge is -2.31. The van der Waals surface area contributed by atoms with Gasteiger partial charge in [-0.1, -0.05) is 0 Å². The number of hydrogen-bond donors (Lipinski definition) is 2. The molecule has 0 radical (unpaired) electrons. The zero-order chi connectivity index (χ0) is 16.6. The molecule has 7 nitrogen and oxygen atoms in total. The number of aryl methyl sites for hydroxylation is 2. The molecule has 0 spiro atoms. The number of nitrogens with two attached hydrogens (primary N) is 1. The molecule has 2 aromatic rings. The number of rotatable bonds is 6. The van der Waals surface area contributed by atoms with E-state index in [9.17, 15) is 0 Å². The van der Waals surface area contributed by atoms with E-state index >= 15 is 0 Å². The van der Waals surface area contributed by atoms with Crippen LogP contribution in [0.3, 0.4) is 0 Å². The van der Waals surface area contributed by atoms with Gasteiger partial charge in [0.2, 0.25) is 0 Å². The van der Waals surface area contributed by atoms with Crippen LogP contribution in [0.5, 0.6) is 0 Å². The Hall–Kier alpha value is -1.73. The molecule has 0 bridgehead atoms. The van der Waals surface area contributed by atoms with Crippen LogP contribution < -0.4 is 5.73 Å². The molecule has 0 aliphatic heterocycles. The Kier molecular flexibility index (Phi) is 4.50. The van der Waals surface area contributed by atoms with E-state index in [1.165, 1.54) is 5.56 Å². The number of hydrogen-bond acceptors (Lipinski definition) is 5. The monoisotopic (exact) mass is 317 g/mol. The molecule has 2 aromatic heterocycles. The maximum atomic E-state index is 5.88. The Morgan fingerprint density at radius 3 is 2.65 bits per heavy atom. The van der Waals surface area contributed by atoms with Crippen LogP contribution in [0.25, 0.3) is 0 Å². The summed E-state index contributed by atoms with van der Waals surface area (Å²) in [5.74, 6) is 2.58. The number of aromatic nitrogens is 5. The second kappa shape index (κ2) is 6.41. The Balaban J connectivity index is 1.57. The number of nitrogens with zero attached hydrogens (tertiary/aromatic N) is 5. The molecular weight excluding hydrogens is 290 g/mol. The summed E-state index contributed by atoms with van der Waals surface area (Å²) < 4.78 is 2.14. The normalized spacial score (nSPS) is 21.0. The molecule has 1 fully saturated rings. The highest BCUT2D eigenvalue weighted by Gasteiger charge is 2.31. The highest BCUT2D eigenvalue weighted by atomic mass is 15.3. The molecule has 3 N–H and O–H groups in total. The van der Waals surface area contributed by atoms with E-state index in [2.05, 4.69) is 57.8 Å². The average molecular weight is 317 g/mol. The van der Waals surface area contributed by atoms with Gasteiger partial charge in [-0.25, -0.2) is 0 Å². The molecule has 0 saturated heterocycles. The van der Waals surface area contributed by atoms with Crippen molar-refractivity contribution in [1.82, 2.24) is 29.9 Å². The predicted molar refractivity (Wildman–Crippen MR) is 89.1 cm³/mol. The quantitative estimate of drug-likeness (QED) is 0.831. The highest BCUT2D eigenvalue weighted by molar-refractivity contribution is 5.23. The van der Waals surface area contributed by atoms with E-state index in [1.807, 2.05) is 0 Å². The first-order valence-corrected chi connectivity index (χ1v) is 8.28. The first-order chi connectivity index (χ1) is 11.0. The first-order valence-electron chi connectivity index (χ1n) is 8.28. The third-order valence-corrected chi connectivity index (χ3v) is 4.97. The molecule has 0 amide bonds. The van der Waals surface area contributed by atoms with Gasteiger partial charge in [-0.15, -0.1) is 10.2 Å². The smallest absolute Gasteiger partial charge is 0.146 e. The van der Waals surface area contributed by atoms with Crippen LogP contribution >= 0.6 is 0 Å². The van der Waals surface area contributed by atoms with Crippen molar-refractivity contribution in [3.8, 4) is 0 Å². The molecule has 1 aliphatic rings. The fourth-order valence-corrected chi connectivity index (χ4v) is 3.31. The number of H-pyrrole nitrogens is 1. The third kappa shape index (κ3) is 3.30. The van der Waals surface area contributed by atoms with E-state index in [-0.39, 0.29) is 0 Å². The van der Waals surface area contributed by atoms with Crippen LogP contribution in [0.4, 0.5) is 0 Å². The van der Waals surface area contributed by atoms with Crippen molar-refractivity contribution in [2.75, 3.05) is 13.6 Å². The van der Waals surface area contributed by atoms with Gasteiger partial charge in [0, 0.05) is 31.2 Å². The van der Waals surface area contributed by atoms with Gasteiger partial charge in [0.25, 0.3) is 0 Å². The number of nitrogens with one attached hydrogen (secondary N) is 1. The summed E-state index contributed by atoms with van der Waals surface area (Å²) in [5, 5.41) is 16.1. The van der Waals surface area contributed by atoms with Crippen LogP contribution in [-0.4, -0.2) is 49.5 Å². The van der Waals surface area contributed by atoms with Gasteiger partial charge in [0.15, 0.2) is 0 Å². The second-order valence-corrected chi connectivity index (χ2v) is 6.86. The number of likely N-dealkylation sites (N-methyl/N-ethyl adjacent to an activating group) is 1. The molecule has 2 heterocycles. The summed E-state index contributed by atoms with van der Waals surface area (Å²) in [4.78, 5) is 2.28. The van der Waals surface area contributed by atoms with Crippen molar-refractivity contribution in [2.45, 2.75) is 51.6 Å². The maximum absolute atomic E-state index is 5.88. The molecule has 23 heavy (non-hydrogen) atoms. The van der Waals surface area contributed by atoms with Crippen molar-refractivity contribution >= 4 is 0 Å². The van der Waals surface area contributed by atoms with Crippen LogP contribution in [-0.2, 0) is 20.0 Å². The molecule has 3 rings (SSSR count). The second-order valence-electron chi connectivity index (χ2n) is 6.86. The van der Waals surface area contributed by atoms with Gasteiger partial charge in [0.1, 0.15) is 11.6 Å². The van der Waals surface area contributed by atoms with Crippen LogP contribution in [0, 0.1) is 13.8 Å². The molecule has 0 atom stereocenters. The first kappa shape index (κ1) is 16.1. The topological polar surface area (TPSA) is 88.7 Å². The molecule has 0 aromatic carbocycles. The summed E-state index contributed by atoms with van der Waals surface area (Å²) in [6.45, 7) is 5.90. The van der Waals surface area contributed by atoms with E-state index in [4.69, 9.17) is 5.73 Å². The Morgan fingerprint density at radius 1 is 1.30 bits per heavy atom. The van der Waals surface area contributed by atoms with Crippen molar-refractivity contribution in [2.24, 2.45) is 12.8 Å². The standard InChI is InChI=1S/C16H27N7/c1-10-14(11(2)19-18-10)5-6-22(3)9-15-20-21-16(23(15)4)12-7-13(17)8-12/h12-13H,5-9,17H2,1-4H3,(H,18,19). The summed E-state index contributed by atoms with van der Waals surface area (Å²) in [7, 11) is 4.19. The zero-order valence-corrected chi connectivity index (χ0v) is 14.5. The lowest BCUT2D eigenvalue weighted by atomic mass is 9.80. The molecule has 0 unspecified atom stereocenters. The van der Waals surface area contributed by atoms with E-state index in [1.54, 1.807) is 0 Å². The van der Waals surface area contributed by atoms with Crippen molar-refractivity contribution in [3.63, 3.8) is 0 Å². The molecule has 1 aliphatic carbocycles. The van der Waals surface area contributed by atoms with Gasteiger partial charge in [0.05, 0.1) is 12.2 Å². The van der Waals surface area contributed by atoms with Crippen molar-refractivity contribution in [3.05, 3.63) is 28.6 Å². The third-order valence-electron chi connectivity index (χ3n) is 4.97. The van der Waals surface area contributed by atoms with Gasteiger partial charge in [-0.05, 0) is 45.7 Å². The lowest BCUT2D eigenvalue weighted by molar-refractivity contribution is 0.312. The minimum Gasteiger partial charge on any atom is -0.328 e. The molecule has 1 saturated carbocycles. The van der Waals surface area contributed by atoms with Crippen LogP contribution in [0.2, 0.25) is 0 Å². The zero-order valence-electron chi connectivity index (χ0n) is 14.5. The van der Waals surface area contributed by atoms with Crippen molar-refractivity contribution < 1.29 is 0 Å². The van der Waals surface area contributed by atoms with E-state index in [0.29, 0.717) is 12.0 Å². The summed E-state index contributed by atoms with van der Waals surface area (Å²) >= 11 is 0. The van der Waals surface area contributed by atoms with E-state index in [0.717, 1.165) is 55.4 Å². The van der Waals surface area contributed by atoms with Gasteiger partial charge < -0.3 is 10.3 Å². The minimum absolute atomic E-state index is 0.337. The fraction of sp³-hybridized carbons (Fsp3) is 0.688. The molecule has 7 heteroatoms. The fourth-order valence-electron chi connectivity index (χ4n) is 3.31.